The topological polar surface area (TPSA) is 55.6 Å². The van der Waals surface area contributed by atoms with Gasteiger partial charge in [-0.05, 0) is 38.1 Å². The number of carbonyl (C=O) groups is 1. The fraction of sp³-hybridized carbons (Fsp3) is 0.263. The van der Waals surface area contributed by atoms with Gasteiger partial charge in [-0.1, -0.05) is 23.2 Å². The van der Waals surface area contributed by atoms with Crippen LogP contribution in [0.15, 0.2) is 46.4 Å². The lowest BCUT2D eigenvalue weighted by Crippen LogP contribution is -2.36. The number of halogens is 2. The second-order valence-electron chi connectivity index (χ2n) is 6.10. The van der Waals surface area contributed by atoms with E-state index in [0.29, 0.717) is 28.1 Å². The summed E-state index contributed by atoms with van der Waals surface area (Å²) in [4.78, 5) is 18.9. The molecule has 0 N–H and O–H groups in total. The Hall–Kier alpha value is -2.02. The number of thiazole rings is 1. The predicted octanol–water partition coefficient (Wildman–Crippen LogP) is 5.67. The summed E-state index contributed by atoms with van der Waals surface area (Å²) in [6, 6.07) is 8.43. The van der Waals surface area contributed by atoms with Gasteiger partial charge in [0.15, 0.2) is 5.76 Å². The Bertz CT molecular complexity index is 910. The largest absolute Gasteiger partial charge is 0.485 e. The molecule has 0 aliphatic heterocycles. The van der Waals surface area contributed by atoms with Crippen LogP contribution >= 0.6 is 34.5 Å². The monoisotopic (exact) mass is 424 g/mol. The molecule has 1 amide bonds. The Balaban J connectivity index is 1.65. The average molecular weight is 425 g/mol. The van der Waals surface area contributed by atoms with Crippen LogP contribution in [0.3, 0.4) is 0 Å². The van der Waals surface area contributed by atoms with Gasteiger partial charge in [0.1, 0.15) is 17.4 Å². The molecule has 2 aromatic heterocycles. The Kier molecular flexibility index (Phi) is 6.42. The van der Waals surface area contributed by atoms with Crippen LogP contribution in [0.25, 0.3) is 0 Å². The number of benzene rings is 1. The molecule has 3 rings (SSSR count). The second kappa shape index (κ2) is 8.78. The SMILES string of the molecule is CC(C)N(Cc1csc(COc2cc(Cl)ccc2Cl)n1)C(=O)c1ccco1. The summed E-state index contributed by atoms with van der Waals surface area (Å²) < 4.78 is 10.9. The van der Waals surface area contributed by atoms with Crippen LogP contribution in [-0.4, -0.2) is 21.8 Å². The van der Waals surface area contributed by atoms with Crippen molar-refractivity contribution >= 4 is 40.4 Å². The molecule has 2 heterocycles. The van der Waals surface area contributed by atoms with E-state index in [4.69, 9.17) is 32.4 Å². The van der Waals surface area contributed by atoms with Crippen LogP contribution in [0.1, 0.15) is 35.1 Å². The Morgan fingerprint density at radius 1 is 1.33 bits per heavy atom. The van der Waals surface area contributed by atoms with Crippen molar-refractivity contribution in [3.63, 3.8) is 0 Å². The highest BCUT2D eigenvalue weighted by molar-refractivity contribution is 7.09. The number of rotatable bonds is 7. The molecule has 0 bridgehead atoms. The van der Waals surface area contributed by atoms with Crippen LogP contribution in [0.2, 0.25) is 10.0 Å². The molecule has 0 spiro atoms. The third-order valence-electron chi connectivity index (χ3n) is 3.79. The van der Waals surface area contributed by atoms with Crippen molar-refractivity contribution in [2.75, 3.05) is 0 Å². The van der Waals surface area contributed by atoms with Crippen LogP contribution in [0.5, 0.6) is 5.75 Å². The van der Waals surface area contributed by atoms with Crippen LogP contribution < -0.4 is 4.74 Å². The number of carbonyl (C=O) groups excluding carboxylic acids is 1. The molecular weight excluding hydrogens is 407 g/mol. The van der Waals surface area contributed by atoms with Gasteiger partial charge in [-0.3, -0.25) is 4.79 Å². The minimum absolute atomic E-state index is 0.00858. The Morgan fingerprint density at radius 2 is 2.15 bits per heavy atom. The Morgan fingerprint density at radius 3 is 2.85 bits per heavy atom. The van der Waals surface area contributed by atoms with Crippen molar-refractivity contribution in [1.29, 1.82) is 0 Å². The third kappa shape index (κ3) is 5.03. The fourth-order valence-corrected chi connectivity index (χ4v) is 3.45. The zero-order valence-corrected chi connectivity index (χ0v) is 17.1. The van der Waals surface area contributed by atoms with Crippen molar-refractivity contribution in [3.05, 3.63) is 68.5 Å². The molecule has 0 saturated carbocycles. The first kappa shape index (κ1) is 19.7. The summed E-state index contributed by atoms with van der Waals surface area (Å²) in [5.41, 5.74) is 0.796. The zero-order valence-electron chi connectivity index (χ0n) is 14.8. The van der Waals surface area contributed by atoms with Crippen LogP contribution in [0, 0.1) is 0 Å². The van der Waals surface area contributed by atoms with E-state index < -0.39 is 0 Å². The number of ether oxygens (including phenoxy) is 1. The first-order valence-corrected chi connectivity index (χ1v) is 9.93. The minimum Gasteiger partial charge on any atom is -0.485 e. The number of furan rings is 1. The normalized spacial score (nSPS) is 11.0. The van der Waals surface area contributed by atoms with Crippen LogP contribution in [-0.2, 0) is 13.2 Å². The molecule has 27 heavy (non-hydrogen) atoms. The quantitative estimate of drug-likeness (QED) is 0.489. The van der Waals surface area contributed by atoms with Gasteiger partial charge in [0.25, 0.3) is 5.91 Å². The number of hydrogen-bond donors (Lipinski definition) is 0. The number of amides is 1. The zero-order chi connectivity index (χ0) is 19.4. The lowest BCUT2D eigenvalue weighted by molar-refractivity contribution is 0.0655. The maximum absolute atomic E-state index is 12.6. The van der Waals surface area contributed by atoms with Gasteiger partial charge in [0.05, 0.1) is 23.5 Å². The van der Waals surface area contributed by atoms with Crippen molar-refractivity contribution in [2.45, 2.75) is 33.0 Å². The maximum Gasteiger partial charge on any atom is 0.290 e. The Labute approximate surface area is 171 Å². The molecule has 0 fully saturated rings. The van der Waals surface area contributed by atoms with Crippen LogP contribution in [0.4, 0.5) is 0 Å². The highest BCUT2D eigenvalue weighted by Gasteiger charge is 2.22. The first-order valence-electron chi connectivity index (χ1n) is 8.29. The molecule has 8 heteroatoms. The van der Waals surface area contributed by atoms with E-state index in [2.05, 4.69) is 4.98 Å². The molecule has 0 atom stereocenters. The minimum atomic E-state index is -0.161. The molecule has 1 aromatic carbocycles. The highest BCUT2D eigenvalue weighted by Crippen LogP contribution is 2.28. The summed E-state index contributed by atoms with van der Waals surface area (Å²) in [6.07, 6.45) is 1.49. The summed E-state index contributed by atoms with van der Waals surface area (Å²) in [5, 5.41) is 3.75. The summed E-state index contributed by atoms with van der Waals surface area (Å²) in [5.74, 6) is 0.669. The number of aromatic nitrogens is 1. The summed E-state index contributed by atoms with van der Waals surface area (Å²) in [7, 11) is 0. The average Bonchev–Trinajstić information content (AvgIpc) is 3.31. The van der Waals surface area contributed by atoms with Gasteiger partial charge in [0, 0.05) is 22.5 Å². The van der Waals surface area contributed by atoms with Crippen molar-refractivity contribution in [1.82, 2.24) is 9.88 Å². The standard InChI is InChI=1S/C19H18Cl2N2O3S/c1-12(2)23(19(24)16-4-3-7-25-16)9-14-11-27-18(22-14)10-26-17-8-13(20)5-6-15(17)21/h3-8,11-12H,9-10H2,1-2H3. The molecular formula is C19H18Cl2N2O3S. The van der Waals surface area contributed by atoms with E-state index in [1.807, 2.05) is 19.2 Å². The molecule has 142 valence electrons. The predicted molar refractivity (Wildman–Crippen MR) is 107 cm³/mol. The number of hydrogen-bond acceptors (Lipinski definition) is 5. The van der Waals surface area contributed by atoms with Gasteiger partial charge in [0.2, 0.25) is 0 Å². The van der Waals surface area contributed by atoms with E-state index in [-0.39, 0.29) is 18.6 Å². The molecule has 0 unspecified atom stereocenters. The fourth-order valence-electron chi connectivity index (χ4n) is 2.42. The molecule has 0 aliphatic carbocycles. The summed E-state index contributed by atoms with van der Waals surface area (Å²) >= 11 is 13.5. The van der Waals surface area contributed by atoms with E-state index in [1.165, 1.54) is 17.6 Å². The van der Waals surface area contributed by atoms with E-state index in [9.17, 15) is 4.79 Å². The first-order chi connectivity index (χ1) is 12.9. The molecule has 0 saturated heterocycles. The maximum atomic E-state index is 12.6. The van der Waals surface area contributed by atoms with Crippen molar-refractivity contribution < 1.29 is 13.9 Å². The van der Waals surface area contributed by atoms with E-state index >= 15 is 0 Å². The van der Waals surface area contributed by atoms with Gasteiger partial charge in [-0.25, -0.2) is 4.98 Å². The molecule has 3 aromatic rings. The van der Waals surface area contributed by atoms with Crippen molar-refractivity contribution in [2.24, 2.45) is 0 Å². The molecule has 5 nitrogen and oxygen atoms in total. The number of nitrogens with zero attached hydrogens (tertiary/aromatic N) is 2. The smallest absolute Gasteiger partial charge is 0.290 e. The van der Waals surface area contributed by atoms with Gasteiger partial charge < -0.3 is 14.1 Å². The van der Waals surface area contributed by atoms with E-state index in [1.54, 1.807) is 35.2 Å². The second-order valence-corrected chi connectivity index (χ2v) is 7.89. The van der Waals surface area contributed by atoms with Gasteiger partial charge >= 0.3 is 0 Å². The summed E-state index contributed by atoms with van der Waals surface area (Å²) in [6.45, 7) is 4.58. The lowest BCUT2D eigenvalue weighted by Gasteiger charge is -2.24. The van der Waals surface area contributed by atoms with Gasteiger partial charge in [-0.2, -0.15) is 0 Å². The van der Waals surface area contributed by atoms with Crippen molar-refractivity contribution in [3.8, 4) is 5.75 Å². The molecule has 0 aliphatic rings. The highest BCUT2D eigenvalue weighted by atomic mass is 35.5. The lowest BCUT2D eigenvalue weighted by atomic mass is 10.2. The van der Waals surface area contributed by atoms with Gasteiger partial charge in [-0.15, -0.1) is 11.3 Å². The van der Waals surface area contributed by atoms with E-state index in [0.717, 1.165) is 10.7 Å². The molecule has 0 radical (unpaired) electrons. The third-order valence-corrected chi connectivity index (χ3v) is 5.21.